The van der Waals surface area contributed by atoms with Crippen molar-refractivity contribution < 1.29 is 19.2 Å². The summed E-state index contributed by atoms with van der Waals surface area (Å²) in [4.78, 5) is 36.3. The zero-order valence-electron chi connectivity index (χ0n) is 13.1. The molecule has 1 saturated heterocycles. The molecule has 1 aromatic rings. The van der Waals surface area contributed by atoms with Crippen LogP contribution in [-0.2, 0) is 9.53 Å². The zero-order chi connectivity index (χ0) is 17.0. The van der Waals surface area contributed by atoms with Crippen molar-refractivity contribution in [2.75, 3.05) is 25.5 Å². The van der Waals surface area contributed by atoms with Gasteiger partial charge in [-0.05, 0) is 31.9 Å². The topological polar surface area (TPSA) is 102 Å². The highest BCUT2D eigenvalue weighted by Gasteiger charge is 2.27. The molecule has 1 heterocycles. The van der Waals surface area contributed by atoms with E-state index in [0.29, 0.717) is 18.8 Å². The van der Waals surface area contributed by atoms with Crippen LogP contribution in [0.2, 0.25) is 0 Å². The second-order valence-corrected chi connectivity index (χ2v) is 5.32. The SMILES string of the molecule is CNc1ccc(C(=O)OC(C)C(=O)N2CCCC2)cc1[N+](=O)[O-]. The molecule has 0 radical (unpaired) electrons. The minimum atomic E-state index is -0.913. The van der Waals surface area contributed by atoms with Crippen LogP contribution in [-0.4, -0.2) is 47.9 Å². The predicted molar refractivity (Wildman–Crippen MR) is 83.3 cm³/mol. The molecule has 0 aliphatic carbocycles. The summed E-state index contributed by atoms with van der Waals surface area (Å²) < 4.78 is 5.15. The zero-order valence-corrected chi connectivity index (χ0v) is 13.1. The molecule has 0 spiro atoms. The first-order chi connectivity index (χ1) is 10.9. The van der Waals surface area contributed by atoms with Gasteiger partial charge in [-0.3, -0.25) is 14.9 Å². The summed E-state index contributed by atoms with van der Waals surface area (Å²) in [7, 11) is 1.55. The van der Waals surface area contributed by atoms with Crippen LogP contribution in [0.15, 0.2) is 18.2 Å². The first-order valence-corrected chi connectivity index (χ1v) is 7.40. The number of nitro benzene ring substituents is 1. The van der Waals surface area contributed by atoms with Gasteiger partial charge in [-0.15, -0.1) is 0 Å². The van der Waals surface area contributed by atoms with Gasteiger partial charge in [0.25, 0.3) is 11.6 Å². The van der Waals surface area contributed by atoms with Gasteiger partial charge < -0.3 is 15.0 Å². The highest BCUT2D eigenvalue weighted by atomic mass is 16.6. The third kappa shape index (κ3) is 3.77. The number of benzene rings is 1. The quantitative estimate of drug-likeness (QED) is 0.504. The van der Waals surface area contributed by atoms with Gasteiger partial charge in [0.1, 0.15) is 5.69 Å². The minimum Gasteiger partial charge on any atom is -0.449 e. The fourth-order valence-corrected chi connectivity index (χ4v) is 2.49. The average Bonchev–Trinajstić information content (AvgIpc) is 3.07. The Balaban J connectivity index is 2.09. The largest absolute Gasteiger partial charge is 0.449 e. The normalized spacial score (nSPS) is 15.1. The lowest BCUT2D eigenvalue weighted by Crippen LogP contribution is -2.38. The van der Waals surface area contributed by atoms with Gasteiger partial charge in [0.2, 0.25) is 0 Å². The Morgan fingerprint density at radius 1 is 1.35 bits per heavy atom. The molecule has 1 aliphatic heterocycles. The number of likely N-dealkylation sites (tertiary alicyclic amines) is 1. The van der Waals surface area contributed by atoms with Crippen molar-refractivity contribution in [3.8, 4) is 0 Å². The van der Waals surface area contributed by atoms with Crippen LogP contribution in [0.5, 0.6) is 0 Å². The number of nitrogens with one attached hydrogen (secondary N) is 1. The van der Waals surface area contributed by atoms with E-state index < -0.39 is 17.0 Å². The van der Waals surface area contributed by atoms with Gasteiger partial charge in [0, 0.05) is 26.2 Å². The Labute approximate surface area is 133 Å². The van der Waals surface area contributed by atoms with E-state index in [1.165, 1.54) is 19.1 Å². The van der Waals surface area contributed by atoms with E-state index in [2.05, 4.69) is 5.32 Å². The van der Waals surface area contributed by atoms with E-state index in [4.69, 9.17) is 4.74 Å². The van der Waals surface area contributed by atoms with Crippen molar-refractivity contribution in [2.24, 2.45) is 0 Å². The number of carbonyl (C=O) groups excluding carboxylic acids is 2. The summed E-state index contributed by atoms with van der Waals surface area (Å²) in [5.74, 6) is -0.993. The molecular formula is C15H19N3O5. The molecule has 1 unspecified atom stereocenters. The van der Waals surface area contributed by atoms with E-state index in [1.54, 1.807) is 11.9 Å². The number of amides is 1. The van der Waals surface area contributed by atoms with E-state index in [-0.39, 0.29) is 17.2 Å². The molecule has 0 aromatic heterocycles. The Morgan fingerprint density at radius 3 is 2.57 bits per heavy atom. The average molecular weight is 321 g/mol. The Kier molecular flexibility index (Phi) is 5.15. The minimum absolute atomic E-state index is 0.0387. The standard InChI is InChI=1S/C15H19N3O5/c1-10(14(19)17-7-3-4-8-17)23-15(20)11-5-6-12(16-2)13(9-11)18(21)22/h5-6,9-10,16H,3-4,7-8H2,1-2H3. The van der Waals surface area contributed by atoms with Crippen LogP contribution in [0.1, 0.15) is 30.1 Å². The smallest absolute Gasteiger partial charge is 0.339 e. The number of carbonyl (C=O) groups is 2. The molecule has 1 atom stereocenters. The lowest BCUT2D eigenvalue weighted by atomic mass is 10.1. The maximum absolute atomic E-state index is 12.1. The van der Waals surface area contributed by atoms with Gasteiger partial charge in [0.05, 0.1) is 10.5 Å². The number of rotatable bonds is 5. The Morgan fingerprint density at radius 2 is 2.00 bits per heavy atom. The second-order valence-electron chi connectivity index (χ2n) is 5.32. The van der Waals surface area contributed by atoms with Crippen molar-refractivity contribution >= 4 is 23.3 Å². The number of hydrogen-bond donors (Lipinski definition) is 1. The predicted octanol–water partition coefficient (Wildman–Crippen LogP) is 1.80. The van der Waals surface area contributed by atoms with E-state index in [0.717, 1.165) is 18.9 Å². The van der Waals surface area contributed by atoms with Crippen molar-refractivity contribution in [3.63, 3.8) is 0 Å². The van der Waals surface area contributed by atoms with Crippen molar-refractivity contribution in [1.29, 1.82) is 0 Å². The Hall–Kier alpha value is -2.64. The van der Waals surface area contributed by atoms with E-state index in [9.17, 15) is 19.7 Å². The lowest BCUT2D eigenvalue weighted by molar-refractivity contribution is -0.384. The molecule has 1 N–H and O–H groups in total. The fourth-order valence-electron chi connectivity index (χ4n) is 2.49. The number of nitrogens with zero attached hydrogens (tertiary/aromatic N) is 2. The molecule has 0 bridgehead atoms. The summed E-state index contributed by atoms with van der Waals surface area (Å²) in [6.07, 6.45) is 0.984. The molecule has 2 rings (SSSR count). The molecule has 23 heavy (non-hydrogen) atoms. The Bertz CT molecular complexity index is 626. The van der Waals surface area contributed by atoms with E-state index in [1.807, 2.05) is 0 Å². The van der Waals surface area contributed by atoms with Gasteiger partial charge in [0.15, 0.2) is 6.10 Å². The third-order valence-electron chi connectivity index (χ3n) is 3.75. The fraction of sp³-hybridized carbons (Fsp3) is 0.467. The van der Waals surface area contributed by atoms with E-state index >= 15 is 0 Å². The molecule has 1 amide bonds. The van der Waals surface area contributed by atoms with Crippen LogP contribution >= 0.6 is 0 Å². The van der Waals surface area contributed by atoms with Gasteiger partial charge >= 0.3 is 5.97 Å². The first kappa shape index (κ1) is 16.7. The second kappa shape index (κ2) is 7.08. The van der Waals surface area contributed by atoms with Crippen LogP contribution in [0.4, 0.5) is 11.4 Å². The molecule has 1 aliphatic rings. The van der Waals surface area contributed by atoms with Crippen LogP contribution < -0.4 is 5.32 Å². The highest BCUT2D eigenvalue weighted by Crippen LogP contribution is 2.25. The van der Waals surface area contributed by atoms with Crippen molar-refractivity contribution in [1.82, 2.24) is 4.90 Å². The molecule has 1 aromatic carbocycles. The highest BCUT2D eigenvalue weighted by molar-refractivity contribution is 5.93. The van der Waals surface area contributed by atoms with Crippen molar-refractivity contribution in [3.05, 3.63) is 33.9 Å². The van der Waals surface area contributed by atoms with Gasteiger partial charge in [-0.2, -0.15) is 0 Å². The lowest BCUT2D eigenvalue weighted by Gasteiger charge is -2.20. The van der Waals surface area contributed by atoms with Crippen LogP contribution in [0.25, 0.3) is 0 Å². The number of hydrogen-bond acceptors (Lipinski definition) is 6. The monoisotopic (exact) mass is 321 g/mol. The van der Waals surface area contributed by atoms with Gasteiger partial charge in [-0.1, -0.05) is 0 Å². The summed E-state index contributed by atoms with van der Waals surface area (Å²) in [5, 5.41) is 13.7. The number of anilines is 1. The van der Waals surface area contributed by atoms with Crippen LogP contribution in [0, 0.1) is 10.1 Å². The number of ether oxygens (including phenoxy) is 1. The molecule has 8 nitrogen and oxygen atoms in total. The molecular weight excluding hydrogens is 302 g/mol. The third-order valence-corrected chi connectivity index (χ3v) is 3.75. The molecule has 0 saturated carbocycles. The number of nitro groups is 1. The summed E-state index contributed by atoms with van der Waals surface area (Å²) >= 11 is 0. The summed E-state index contributed by atoms with van der Waals surface area (Å²) in [6, 6.07) is 4.00. The number of esters is 1. The maximum atomic E-state index is 12.1. The molecule has 1 fully saturated rings. The van der Waals surface area contributed by atoms with Gasteiger partial charge in [-0.25, -0.2) is 4.79 Å². The van der Waals surface area contributed by atoms with Crippen molar-refractivity contribution in [2.45, 2.75) is 25.9 Å². The summed E-state index contributed by atoms with van der Waals surface area (Å²) in [6.45, 7) is 2.85. The summed E-state index contributed by atoms with van der Waals surface area (Å²) in [5.41, 5.74) is 0.116. The maximum Gasteiger partial charge on any atom is 0.339 e. The van der Waals surface area contributed by atoms with Crippen LogP contribution in [0.3, 0.4) is 0 Å². The molecule has 124 valence electrons. The first-order valence-electron chi connectivity index (χ1n) is 7.40. The molecule has 8 heteroatoms.